The number of aryl methyl sites for hydroxylation is 1. The lowest BCUT2D eigenvalue weighted by molar-refractivity contribution is 0.0986. The highest BCUT2D eigenvalue weighted by Crippen LogP contribution is 2.18. The van der Waals surface area contributed by atoms with E-state index in [9.17, 15) is 4.79 Å². The van der Waals surface area contributed by atoms with Gasteiger partial charge in [0.15, 0.2) is 5.78 Å². The zero-order chi connectivity index (χ0) is 12.1. The highest BCUT2D eigenvalue weighted by atomic mass is 32.2. The molecule has 0 N–H and O–H groups in total. The van der Waals surface area contributed by atoms with E-state index in [1.54, 1.807) is 6.92 Å². The molecule has 2 rings (SSSR count). The molecule has 0 saturated carbocycles. The van der Waals surface area contributed by atoms with Gasteiger partial charge >= 0.3 is 0 Å². The van der Waals surface area contributed by atoms with Gasteiger partial charge in [0.2, 0.25) is 5.89 Å². The lowest BCUT2D eigenvalue weighted by Crippen LogP contribution is -1.96. The predicted molar refractivity (Wildman–Crippen MR) is 67.6 cm³/mol. The Bertz CT molecular complexity index is 479. The zero-order valence-corrected chi connectivity index (χ0v) is 11.0. The van der Waals surface area contributed by atoms with Gasteiger partial charge in [-0.2, -0.15) is 0 Å². The van der Waals surface area contributed by atoms with E-state index < -0.39 is 0 Å². The number of hydrogen-bond acceptors (Lipinski definition) is 6. The van der Waals surface area contributed by atoms with E-state index in [0.717, 1.165) is 17.1 Å². The van der Waals surface area contributed by atoms with E-state index in [1.165, 1.54) is 23.1 Å². The highest BCUT2D eigenvalue weighted by molar-refractivity contribution is 7.99. The highest BCUT2D eigenvalue weighted by Gasteiger charge is 2.07. The Kier molecular flexibility index (Phi) is 4.33. The molecule has 0 radical (unpaired) electrons. The second-order valence-electron chi connectivity index (χ2n) is 3.44. The van der Waals surface area contributed by atoms with Gasteiger partial charge in [-0.15, -0.1) is 21.5 Å². The van der Waals surface area contributed by atoms with Crippen molar-refractivity contribution in [2.75, 3.05) is 5.75 Å². The maximum atomic E-state index is 11.7. The molecule has 0 saturated heterocycles. The second kappa shape index (κ2) is 5.97. The van der Waals surface area contributed by atoms with Gasteiger partial charge in [-0.3, -0.25) is 4.79 Å². The molecule has 0 aliphatic carbocycles. The third-order valence-corrected chi connectivity index (χ3v) is 3.89. The number of nitrogens with zero attached hydrogens (tertiary/aromatic N) is 2. The summed E-state index contributed by atoms with van der Waals surface area (Å²) in [5.74, 6) is 1.60. The average molecular weight is 268 g/mol. The molecule has 4 nitrogen and oxygen atoms in total. The van der Waals surface area contributed by atoms with Crippen LogP contribution >= 0.6 is 23.1 Å². The third kappa shape index (κ3) is 3.67. The summed E-state index contributed by atoms with van der Waals surface area (Å²) in [6.07, 6.45) is 1.39. The maximum Gasteiger partial charge on any atom is 0.276 e. The topological polar surface area (TPSA) is 56.0 Å². The molecule has 0 aliphatic heterocycles. The summed E-state index contributed by atoms with van der Waals surface area (Å²) in [4.78, 5) is 12.5. The van der Waals surface area contributed by atoms with Gasteiger partial charge in [-0.25, -0.2) is 0 Å². The Morgan fingerprint density at radius 3 is 3.06 bits per heavy atom. The SMILES string of the molecule is Cc1nnc(SCCCC(=O)c2cccs2)o1. The van der Waals surface area contributed by atoms with Gasteiger partial charge in [-0.05, 0) is 17.9 Å². The molecule has 6 heteroatoms. The number of rotatable bonds is 6. The van der Waals surface area contributed by atoms with E-state index in [4.69, 9.17) is 4.42 Å². The molecule has 0 aliphatic rings. The quantitative estimate of drug-likeness (QED) is 0.457. The van der Waals surface area contributed by atoms with Crippen LogP contribution in [-0.4, -0.2) is 21.7 Å². The van der Waals surface area contributed by atoms with Crippen LogP contribution < -0.4 is 0 Å². The van der Waals surface area contributed by atoms with Crippen molar-refractivity contribution in [3.63, 3.8) is 0 Å². The van der Waals surface area contributed by atoms with E-state index in [2.05, 4.69) is 10.2 Å². The summed E-state index contributed by atoms with van der Waals surface area (Å²) in [6, 6.07) is 3.76. The van der Waals surface area contributed by atoms with Crippen molar-refractivity contribution in [1.29, 1.82) is 0 Å². The lowest BCUT2D eigenvalue weighted by Gasteiger charge is -1.96. The van der Waals surface area contributed by atoms with E-state index in [-0.39, 0.29) is 5.78 Å². The van der Waals surface area contributed by atoms with E-state index in [0.29, 0.717) is 17.5 Å². The number of ketones is 1. The minimum absolute atomic E-state index is 0.210. The second-order valence-corrected chi connectivity index (χ2v) is 5.43. The largest absolute Gasteiger partial charge is 0.416 e. The van der Waals surface area contributed by atoms with Gasteiger partial charge in [0.05, 0.1) is 4.88 Å². The minimum Gasteiger partial charge on any atom is -0.416 e. The Labute approximate surface area is 107 Å². The van der Waals surface area contributed by atoms with Crippen LogP contribution in [0.4, 0.5) is 0 Å². The lowest BCUT2D eigenvalue weighted by atomic mass is 10.2. The molecule has 17 heavy (non-hydrogen) atoms. The van der Waals surface area contributed by atoms with Crippen molar-refractivity contribution < 1.29 is 9.21 Å². The Morgan fingerprint density at radius 2 is 2.41 bits per heavy atom. The standard InChI is InChI=1S/C11H12N2O2S2/c1-8-12-13-11(15-8)17-7-2-4-9(14)10-5-3-6-16-10/h3,5-6H,2,4,7H2,1H3. The Morgan fingerprint density at radius 1 is 1.53 bits per heavy atom. The minimum atomic E-state index is 0.210. The van der Waals surface area contributed by atoms with Crippen molar-refractivity contribution in [3.05, 3.63) is 28.3 Å². The van der Waals surface area contributed by atoms with Crippen molar-refractivity contribution in [3.8, 4) is 0 Å². The van der Waals surface area contributed by atoms with Gasteiger partial charge in [0.1, 0.15) is 0 Å². The molecule has 0 unspecified atom stereocenters. The molecule has 0 amide bonds. The predicted octanol–water partition coefficient (Wildman–Crippen LogP) is 3.19. The van der Waals surface area contributed by atoms with Crippen LogP contribution in [0.15, 0.2) is 27.2 Å². The summed E-state index contributed by atoms with van der Waals surface area (Å²) < 4.78 is 5.22. The summed E-state index contributed by atoms with van der Waals surface area (Å²) >= 11 is 2.98. The monoisotopic (exact) mass is 268 g/mol. The first-order valence-corrected chi connectivity index (χ1v) is 7.12. The van der Waals surface area contributed by atoms with Crippen molar-refractivity contribution in [2.24, 2.45) is 0 Å². The van der Waals surface area contributed by atoms with Gasteiger partial charge < -0.3 is 4.42 Å². The number of aromatic nitrogens is 2. The fourth-order valence-corrected chi connectivity index (χ4v) is 2.73. The Hall–Kier alpha value is -1.14. The summed E-state index contributed by atoms with van der Waals surface area (Å²) in [5.41, 5.74) is 0. The fraction of sp³-hybridized carbons (Fsp3) is 0.364. The number of carbonyl (C=O) groups is 1. The van der Waals surface area contributed by atoms with Gasteiger partial charge in [-0.1, -0.05) is 17.8 Å². The van der Waals surface area contributed by atoms with Crippen LogP contribution in [0.3, 0.4) is 0 Å². The smallest absolute Gasteiger partial charge is 0.276 e. The maximum absolute atomic E-state index is 11.7. The van der Waals surface area contributed by atoms with Crippen LogP contribution in [0.25, 0.3) is 0 Å². The summed E-state index contributed by atoms with van der Waals surface area (Å²) in [6.45, 7) is 1.76. The molecule has 2 heterocycles. The van der Waals surface area contributed by atoms with Crippen LogP contribution in [0, 0.1) is 6.92 Å². The van der Waals surface area contributed by atoms with Crippen LogP contribution in [-0.2, 0) is 0 Å². The molecule has 0 atom stereocenters. The molecular formula is C11H12N2O2S2. The first kappa shape index (κ1) is 12.3. The van der Waals surface area contributed by atoms with Crippen LogP contribution in [0.5, 0.6) is 0 Å². The van der Waals surface area contributed by atoms with Gasteiger partial charge in [0.25, 0.3) is 5.22 Å². The average Bonchev–Trinajstić information content (AvgIpc) is 2.95. The van der Waals surface area contributed by atoms with E-state index >= 15 is 0 Å². The molecular weight excluding hydrogens is 256 g/mol. The van der Waals surface area contributed by atoms with Crippen molar-refractivity contribution in [2.45, 2.75) is 25.0 Å². The summed E-state index contributed by atoms with van der Waals surface area (Å²) in [7, 11) is 0. The number of carbonyl (C=O) groups excluding carboxylic acids is 1. The number of hydrogen-bond donors (Lipinski definition) is 0. The number of thioether (sulfide) groups is 1. The van der Waals surface area contributed by atoms with Crippen LogP contribution in [0.2, 0.25) is 0 Å². The normalized spacial score (nSPS) is 10.6. The third-order valence-electron chi connectivity index (χ3n) is 2.08. The molecule has 2 aromatic rings. The molecule has 90 valence electrons. The molecule has 0 aromatic carbocycles. The molecule has 0 spiro atoms. The first-order valence-electron chi connectivity index (χ1n) is 5.25. The zero-order valence-electron chi connectivity index (χ0n) is 9.38. The number of thiophene rings is 1. The van der Waals surface area contributed by atoms with E-state index in [1.807, 2.05) is 17.5 Å². The Balaban J connectivity index is 1.68. The van der Waals surface area contributed by atoms with Crippen LogP contribution in [0.1, 0.15) is 28.4 Å². The molecule has 0 bridgehead atoms. The molecule has 0 fully saturated rings. The fourth-order valence-electron chi connectivity index (χ4n) is 1.29. The van der Waals surface area contributed by atoms with Gasteiger partial charge in [0, 0.05) is 19.1 Å². The first-order chi connectivity index (χ1) is 8.25. The molecule has 2 aromatic heterocycles. The van der Waals surface area contributed by atoms with Crippen molar-refractivity contribution >= 4 is 28.9 Å². The van der Waals surface area contributed by atoms with Crippen molar-refractivity contribution in [1.82, 2.24) is 10.2 Å². The number of Topliss-reactive ketones (excluding diaryl/α,β-unsaturated/α-hetero) is 1. The summed E-state index contributed by atoms with van der Waals surface area (Å²) in [5, 5.41) is 10.1.